The van der Waals surface area contributed by atoms with Gasteiger partial charge in [-0.25, -0.2) is 4.39 Å². The van der Waals surface area contributed by atoms with Crippen LogP contribution >= 0.6 is 0 Å². The topological polar surface area (TPSA) is 85.6 Å². The number of fused-ring (bicyclic) bond motifs is 1. The molecule has 0 aliphatic heterocycles. The summed E-state index contributed by atoms with van der Waals surface area (Å²) in [5, 5.41) is 3.00. The zero-order chi connectivity index (χ0) is 18.5. The Morgan fingerprint density at radius 3 is 2.54 bits per heavy atom. The number of Topliss-reactive ketones (excluding diaryl/α,β-unsaturated/α-hetero) is 1. The molecular formula is C19H14FNO5. The van der Waals surface area contributed by atoms with Crippen molar-refractivity contribution in [2.45, 2.75) is 0 Å². The summed E-state index contributed by atoms with van der Waals surface area (Å²) in [7, 11) is 0. The highest BCUT2D eigenvalue weighted by Crippen LogP contribution is 2.19. The van der Waals surface area contributed by atoms with E-state index in [2.05, 4.69) is 5.32 Å². The van der Waals surface area contributed by atoms with Crippen molar-refractivity contribution in [2.24, 2.45) is 0 Å². The van der Waals surface area contributed by atoms with Crippen LogP contribution in [0.4, 0.5) is 4.39 Å². The molecule has 0 unspecified atom stereocenters. The first kappa shape index (κ1) is 17.3. The number of hydrogen-bond donors (Lipinski definition) is 1. The molecular weight excluding hydrogens is 341 g/mol. The van der Waals surface area contributed by atoms with E-state index >= 15 is 0 Å². The second-order valence-corrected chi connectivity index (χ2v) is 5.39. The Morgan fingerprint density at radius 1 is 1.04 bits per heavy atom. The van der Waals surface area contributed by atoms with Crippen LogP contribution in [0.1, 0.15) is 20.9 Å². The van der Waals surface area contributed by atoms with Gasteiger partial charge in [0.1, 0.15) is 17.9 Å². The fourth-order valence-electron chi connectivity index (χ4n) is 2.28. The van der Waals surface area contributed by atoms with Gasteiger partial charge in [-0.05, 0) is 24.3 Å². The van der Waals surface area contributed by atoms with Crippen molar-refractivity contribution in [1.82, 2.24) is 5.32 Å². The fourth-order valence-corrected chi connectivity index (χ4v) is 2.28. The van der Waals surface area contributed by atoms with Crippen LogP contribution in [-0.4, -0.2) is 30.8 Å². The van der Waals surface area contributed by atoms with Crippen LogP contribution in [0.3, 0.4) is 0 Å². The number of ether oxygens (including phenoxy) is 1. The third-order valence-electron chi connectivity index (χ3n) is 3.58. The highest BCUT2D eigenvalue weighted by atomic mass is 19.1. The van der Waals surface area contributed by atoms with Crippen molar-refractivity contribution in [1.29, 1.82) is 0 Å². The van der Waals surface area contributed by atoms with E-state index < -0.39 is 36.6 Å². The van der Waals surface area contributed by atoms with Crippen molar-refractivity contribution in [3.63, 3.8) is 0 Å². The second kappa shape index (κ2) is 7.60. The number of rotatable bonds is 6. The molecule has 26 heavy (non-hydrogen) atoms. The lowest BCUT2D eigenvalue weighted by atomic mass is 10.2. The van der Waals surface area contributed by atoms with E-state index in [1.807, 2.05) is 6.07 Å². The van der Waals surface area contributed by atoms with E-state index in [1.165, 1.54) is 18.2 Å². The van der Waals surface area contributed by atoms with E-state index in [-0.39, 0.29) is 11.3 Å². The Kier molecular flexibility index (Phi) is 5.07. The molecule has 6 nitrogen and oxygen atoms in total. The van der Waals surface area contributed by atoms with Gasteiger partial charge in [-0.1, -0.05) is 30.3 Å². The molecule has 2 aromatic carbocycles. The van der Waals surface area contributed by atoms with E-state index in [0.29, 0.717) is 5.58 Å². The van der Waals surface area contributed by atoms with Gasteiger partial charge in [-0.2, -0.15) is 0 Å². The van der Waals surface area contributed by atoms with Gasteiger partial charge in [0.25, 0.3) is 5.91 Å². The molecule has 0 spiro atoms. The lowest BCUT2D eigenvalue weighted by Crippen LogP contribution is -2.32. The standard InChI is InChI=1S/C19H14FNO5/c20-14-7-3-2-6-13(14)19(24)21-10-18(23)25-11-15(22)17-9-12-5-1-4-8-16(12)26-17/h1-9H,10-11H2,(H,21,24). The number of carbonyl (C=O) groups is 3. The predicted octanol–water partition coefficient (Wildman–Crippen LogP) is 2.73. The lowest BCUT2D eigenvalue weighted by Gasteiger charge is -2.06. The quantitative estimate of drug-likeness (QED) is 0.543. The van der Waals surface area contributed by atoms with Crippen LogP contribution < -0.4 is 5.32 Å². The van der Waals surface area contributed by atoms with Crippen molar-refractivity contribution in [2.75, 3.05) is 13.2 Å². The van der Waals surface area contributed by atoms with Crippen LogP contribution in [0.5, 0.6) is 0 Å². The number of furan rings is 1. The minimum atomic E-state index is -0.820. The summed E-state index contributed by atoms with van der Waals surface area (Å²) in [6.07, 6.45) is 0. The monoisotopic (exact) mass is 355 g/mol. The van der Waals surface area contributed by atoms with Crippen LogP contribution in [0, 0.1) is 5.82 Å². The summed E-state index contributed by atoms with van der Waals surface area (Å²) in [5.41, 5.74) is 0.373. The van der Waals surface area contributed by atoms with Gasteiger partial charge in [-0.15, -0.1) is 0 Å². The first-order valence-electron chi connectivity index (χ1n) is 7.75. The third-order valence-corrected chi connectivity index (χ3v) is 3.58. The Bertz CT molecular complexity index is 946. The summed E-state index contributed by atoms with van der Waals surface area (Å²) >= 11 is 0. The van der Waals surface area contributed by atoms with Crippen molar-refractivity contribution in [3.05, 3.63) is 71.7 Å². The average molecular weight is 355 g/mol. The van der Waals surface area contributed by atoms with Gasteiger partial charge in [0.15, 0.2) is 12.4 Å². The summed E-state index contributed by atoms with van der Waals surface area (Å²) < 4.78 is 23.7. The van der Waals surface area contributed by atoms with Crippen LogP contribution in [0.25, 0.3) is 11.0 Å². The molecule has 1 aromatic heterocycles. The highest BCUT2D eigenvalue weighted by Gasteiger charge is 2.16. The number of para-hydroxylation sites is 1. The number of esters is 1. The maximum Gasteiger partial charge on any atom is 0.325 e. The molecule has 0 atom stereocenters. The number of halogens is 1. The minimum Gasteiger partial charge on any atom is -0.456 e. The zero-order valence-corrected chi connectivity index (χ0v) is 13.5. The number of benzene rings is 2. The maximum absolute atomic E-state index is 13.5. The Hall–Kier alpha value is -3.48. The fraction of sp³-hybridized carbons (Fsp3) is 0.105. The third kappa shape index (κ3) is 3.94. The SMILES string of the molecule is O=C(CNC(=O)c1ccccc1F)OCC(=O)c1cc2ccccc2o1. The van der Waals surface area contributed by atoms with Crippen LogP contribution in [-0.2, 0) is 9.53 Å². The lowest BCUT2D eigenvalue weighted by molar-refractivity contribution is -0.141. The Balaban J connectivity index is 1.50. The van der Waals surface area contributed by atoms with Crippen molar-refractivity contribution < 1.29 is 27.9 Å². The molecule has 0 bridgehead atoms. The number of carbonyl (C=O) groups excluding carboxylic acids is 3. The molecule has 132 valence electrons. The highest BCUT2D eigenvalue weighted by molar-refractivity contribution is 5.99. The van der Waals surface area contributed by atoms with Crippen LogP contribution in [0.2, 0.25) is 0 Å². The molecule has 3 rings (SSSR count). The van der Waals surface area contributed by atoms with Gasteiger partial charge >= 0.3 is 5.97 Å². The normalized spacial score (nSPS) is 10.5. The average Bonchev–Trinajstić information content (AvgIpc) is 3.09. The summed E-state index contributed by atoms with van der Waals surface area (Å²) in [4.78, 5) is 35.5. The molecule has 0 radical (unpaired) electrons. The second-order valence-electron chi connectivity index (χ2n) is 5.39. The molecule has 0 fully saturated rings. The number of hydrogen-bond acceptors (Lipinski definition) is 5. The Labute approximate surface area is 147 Å². The molecule has 0 aliphatic carbocycles. The molecule has 7 heteroatoms. The van der Waals surface area contributed by atoms with Gasteiger partial charge in [0, 0.05) is 5.39 Å². The van der Waals surface area contributed by atoms with Gasteiger partial charge in [0.05, 0.1) is 5.56 Å². The molecule has 3 aromatic rings. The molecule has 0 saturated heterocycles. The smallest absolute Gasteiger partial charge is 0.325 e. The first-order chi connectivity index (χ1) is 12.5. The van der Waals surface area contributed by atoms with Crippen LogP contribution in [0.15, 0.2) is 59.0 Å². The molecule has 0 aliphatic rings. The first-order valence-corrected chi connectivity index (χ1v) is 7.75. The summed E-state index contributed by atoms with van der Waals surface area (Å²) in [6.45, 7) is -1.01. The van der Waals surface area contributed by atoms with Gasteiger partial charge in [-0.3, -0.25) is 14.4 Å². The van der Waals surface area contributed by atoms with Gasteiger partial charge < -0.3 is 14.5 Å². The molecule has 1 heterocycles. The molecule has 1 N–H and O–H groups in total. The maximum atomic E-state index is 13.5. The molecule has 0 saturated carbocycles. The van der Waals surface area contributed by atoms with Gasteiger partial charge in [0.2, 0.25) is 5.78 Å². The number of amides is 1. The van der Waals surface area contributed by atoms with E-state index in [0.717, 1.165) is 11.5 Å². The summed E-state index contributed by atoms with van der Waals surface area (Å²) in [6, 6.07) is 14.0. The summed E-state index contributed by atoms with van der Waals surface area (Å²) in [5.74, 6) is -2.69. The van der Waals surface area contributed by atoms with Crippen molar-refractivity contribution in [3.8, 4) is 0 Å². The predicted molar refractivity (Wildman–Crippen MR) is 90.2 cm³/mol. The minimum absolute atomic E-state index is 0.0781. The van der Waals surface area contributed by atoms with E-state index in [4.69, 9.17) is 9.15 Å². The number of nitrogens with one attached hydrogen (secondary N) is 1. The number of ketones is 1. The largest absolute Gasteiger partial charge is 0.456 e. The zero-order valence-electron chi connectivity index (χ0n) is 13.5. The van der Waals surface area contributed by atoms with E-state index in [1.54, 1.807) is 24.3 Å². The van der Waals surface area contributed by atoms with E-state index in [9.17, 15) is 18.8 Å². The molecule has 1 amide bonds. The van der Waals surface area contributed by atoms with Crippen molar-refractivity contribution >= 4 is 28.6 Å². The Morgan fingerprint density at radius 2 is 1.77 bits per heavy atom.